The maximum atomic E-state index is 11.1. The average Bonchev–Trinajstić information content (AvgIpc) is 2.71. The van der Waals surface area contributed by atoms with Gasteiger partial charge in [-0.25, -0.2) is 4.79 Å². The lowest BCUT2D eigenvalue weighted by molar-refractivity contribution is 0.0694. The molecule has 5 heteroatoms. The Morgan fingerprint density at radius 1 is 1.44 bits per heavy atom. The summed E-state index contributed by atoms with van der Waals surface area (Å²) < 4.78 is 10.1. The van der Waals surface area contributed by atoms with E-state index in [1.54, 1.807) is 14.0 Å². The molecule has 0 spiro atoms. The Hall–Kier alpha value is -2.30. The number of carboxylic acid groups (broad SMARTS) is 1. The SMILES string of the molecule is COc1ccccc1Cc1noc(C)c1C(=O)O. The molecule has 1 aromatic carbocycles. The minimum Gasteiger partial charge on any atom is -0.496 e. The normalized spacial score (nSPS) is 10.3. The molecule has 1 N–H and O–H groups in total. The molecule has 1 heterocycles. The van der Waals surface area contributed by atoms with Gasteiger partial charge in [-0.3, -0.25) is 0 Å². The first-order chi connectivity index (χ1) is 8.63. The maximum absolute atomic E-state index is 11.1. The number of nitrogens with zero attached hydrogens (tertiary/aromatic N) is 1. The van der Waals surface area contributed by atoms with Crippen molar-refractivity contribution in [2.45, 2.75) is 13.3 Å². The van der Waals surface area contributed by atoms with Gasteiger partial charge in [-0.2, -0.15) is 0 Å². The van der Waals surface area contributed by atoms with E-state index in [1.807, 2.05) is 24.3 Å². The number of rotatable bonds is 4. The van der Waals surface area contributed by atoms with E-state index in [9.17, 15) is 4.79 Å². The lowest BCUT2D eigenvalue weighted by atomic mass is 10.0. The van der Waals surface area contributed by atoms with E-state index in [2.05, 4.69) is 5.16 Å². The number of aryl methyl sites for hydroxylation is 1. The number of carbonyl (C=O) groups is 1. The van der Waals surface area contributed by atoms with Crippen LogP contribution >= 0.6 is 0 Å². The molecule has 0 aliphatic carbocycles. The monoisotopic (exact) mass is 247 g/mol. The second-order valence-electron chi connectivity index (χ2n) is 3.85. The van der Waals surface area contributed by atoms with E-state index in [0.717, 1.165) is 5.56 Å². The van der Waals surface area contributed by atoms with Crippen LogP contribution in [0.1, 0.15) is 27.4 Å². The summed E-state index contributed by atoms with van der Waals surface area (Å²) in [6, 6.07) is 7.41. The van der Waals surface area contributed by atoms with Crippen molar-refractivity contribution >= 4 is 5.97 Å². The standard InChI is InChI=1S/C13H13NO4/c1-8-12(13(15)16)10(14-18-8)7-9-5-3-4-6-11(9)17-2/h3-6H,7H2,1-2H3,(H,15,16). The number of aromatic carboxylic acids is 1. The fourth-order valence-electron chi connectivity index (χ4n) is 1.84. The highest BCUT2D eigenvalue weighted by molar-refractivity contribution is 5.90. The van der Waals surface area contributed by atoms with Crippen molar-refractivity contribution in [3.63, 3.8) is 0 Å². The van der Waals surface area contributed by atoms with Crippen molar-refractivity contribution < 1.29 is 19.2 Å². The lowest BCUT2D eigenvalue weighted by Gasteiger charge is -2.06. The van der Waals surface area contributed by atoms with E-state index in [-0.39, 0.29) is 5.56 Å². The number of methoxy groups -OCH3 is 1. The minimum absolute atomic E-state index is 0.126. The molecule has 0 bridgehead atoms. The fraction of sp³-hybridized carbons (Fsp3) is 0.231. The van der Waals surface area contributed by atoms with Gasteiger partial charge in [0.1, 0.15) is 22.8 Å². The number of carboxylic acids is 1. The van der Waals surface area contributed by atoms with Crippen LogP contribution in [0.2, 0.25) is 0 Å². The highest BCUT2D eigenvalue weighted by atomic mass is 16.5. The molecule has 0 aliphatic heterocycles. The Morgan fingerprint density at radius 3 is 2.83 bits per heavy atom. The van der Waals surface area contributed by atoms with Crippen molar-refractivity contribution in [3.05, 3.63) is 46.8 Å². The van der Waals surface area contributed by atoms with Crippen LogP contribution in [0.15, 0.2) is 28.8 Å². The molecule has 0 radical (unpaired) electrons. The van der Waals surface area contributed by atoms with Crippen LogP contribution in [0.4, 0.5) is 0 Å². The molecule has 2 rings (SSSR count). The van der Waals surface area contributed by atoms with Crippen LogP contribution < -0.4 is 4.74 Å². The minimum atomic E-state index is -1.03. The van der Waals surface area contributed by atoms with Crippen LogP contribution in [0.3, 0.4) is 0 Å². The highest BCUT2D eigenvalue weighted by Crippen LogP contribution is 2.23. The molecule has 0 amide bonds. The summed E-state index contributed by atoms with van der Waals surface area (Å²) in [5.74, 6) is -0.0134. The molecule has 2 aromatic rings. The van der Waals surface area contributed by atoms with Crippen LogP contribution in [-0.4, -0.2) is 23.3 Å². The zero-order valence-corrected chi connectivity index (χ0v) is 10.1. The molecule has 18 heavy (non-hydrogen) atoms. The molecule has 94 valence electrons. The van der Waals surface area contributed by atoms with E-state index in [0.29, 0.717) is 23.6 Å². The third-order valence-electron chi connectivity index (χ3n) is 2.70. The predicted molar refractivity (Wildman–Crippen MR) is 64.0 cm³/mol. The summed E-state index contributed by atoms with van der Waals surface area (Å²) in [5, 5.41) is 12.9. The van der Waals surface area contributed by atoms with Gasteiger partial charge in [-0.15, -0.1) is 0 Å². The fourth-order valence-corrected chi connectivity index (χ4v) is 1.84. The van der Waals surface area contributed by atoms with Crippen molar-refractivity contribution in [2.75, 3.05) is 7.11 Å². The van der Waals surface area contributed by atoms with Crippen molar-refractivity contribution in [2.24, 2.45) is 0 Å². The molecule has 0 fully saturated rings. The van der Waals surface area contributed by atoms with Crippen molar-refractivity contribution in [3.8, 4) is 5.75 Å². The molecule has 1 aromatic heterocycles. The third kappa shape index (κ3) is 2.20. The van der Waals surface area contributed by atoms with Crippen LogP contribution in [-0.2, 0) is 6.42 Å². The smallest absolute Gasteiger partial charge is 0.341 e. The molecular weight excluding hydrogens is 234 g/mol. The lowest BCUT2D eigenvalue weighted by Crippen LogP contribution is -2.03. The maximum Gasteiger partial charge on any atom is 0.341 e. The molecular formula is C13H13NO4. The first-order valence-electron chi connectivity index (χ1n) is 5.43. The number of hydrogen-bond acceptors (Lipinski definition) is 4. The van der Waals surface area contributed by atoms with Gasteiger partial charge in [-0.1, -0.05) is 23.4 Å². The highest BCUT2D eigenvalue weighted by Gasteiger charge is 2.20. The second kappa shape index (κ2) is 4.91. The Kier molecular flexibility index (Phi) is 3.32. The molecule has 0 aliphatic rings. The summed E-state index contributed by atoms with van der Waals surface area (Å²) in [5.41, 5.74) is 1.40. The summed E-state index contributed by atoms with van der Waals surface area (Å²) in [6.45, 7) is 1.59. The van der Waals surface area contributed by atoms with Gasteiger partial charge < -0.3 is 14.4 Å². The van der Waals surface area contributed by atoms with E-state index >= 15 is 0 Å². The first kappa shape index (κ1) is 12.2. The largest absolute Gasteiger partial charge is 0.496 e. The summed E-state index contributed by atoms with van der Waals surface area (Å²) in [7, 11) is 1.57. The number of hydrogen-bond donors (Lipinski definition) is 1. The quantitative estimate of drug-likeness (QED) is 0.897. The van der Waals surface area contributed by atoms with Crippen LogP contribution in [0, 0.1) is 6.92 Å². The Morgan fingerprint density at radius 2 is 2.17 bits per heavy atom. The predicted octanol–water partition coefficient (Wildman–Crippen LogP) is 2.28. The molecule has 0 saturated carbocycles. The molecule has 0 saturated heterocycles. The number of para-hydroxylation sites is 1. The summed E-state index contributed by atoms with van der Waals surface area (Å²) in [6.07, 6.45) is 0.364. The zero-order chi connectivity index (χ0) is 13.1. The van der Waals surface area contributed by atoms with Gasteiger partial charge >= 0.3 is 5.97 Å². The van der Waals surface area contributed by atoms with E-state index in [4.69, 9.17) is 14.4 Å². The summed E-state index contributed by atoms with van der Waals surface area (Å²) >= 11 is 0. The van der Waals surface area contributed by atoms with E-state index in [1.165, 1.54) is 0 Å². The number of aromatic nitrogens is 1. The zero-order valence-electron chi connectivity index (χ0n) is 10.1. The van der Waals surface area contributed by atoms with E-state index < -0.39 is 5.97 Å². The Labute approximate surface area is 104 Å². The Bertz CT molecular complexity index is 574. The van der Waals surface area contributed by atoms with Crippen molar-refractivity contribution in [1.29, 1.82) is 0 Å². The number of benzene rings is 1. The average molecular weight is 247 g/mol. The molecule has 5 nitrogen and oxygen atoms in total. The van der Waals surface area contributed by atoms with Gasteiger partial charge in [0.15, 0.2) is 0 Å². The van der Waals surface area contributed by atoms with Gasteiger partial charge in [-0.05, 0) is 13.0 Å². The van der Waals surface area contributed by atoms with Crippen molar-refractivity contribution in [1.82, 2.24) is 5.16 Å². The second-order valence-corrected chi connectivity index (χ2v) is 3.85. The Balaban J connectivity index is 2.37. The van der Waals surface area contributed by atoms with Gasteiger partial charge in [0.05, 0.1) is 7.11 Å². The number of ether oxygens (including phenoxy) is 1. The van der Waals surface area contributed by atoms with Crippen LogP contribution in [0.25, 0.3) is 0 Å². The topological polar surface area (TPSA) is 72.6 Å². The summed E-state index contributed by atoms with van der Waals surface area (Å²) in [4.78, 5) is 11.1. The van der Waals surface area contributed by atoms with Gasteiger partial charge in [0.25, 0.3) is 0 Å². The third-order valence-corrected chi connectivity index (χ3v) is 2.70. The molecule has 0 unspecified atom stereocenters. The first-order valence-corrected chi connectivity index (χ1v) is 5.43. The molecule has 0 atom stereocenters. The van der Waals surface area contributed by atoms with Gasteiger partial charge in [0.2, 0.25) is 0 Å². The van der Waals surface area contributed by atoms with Crippen LogP contribution in [0.5, 0.6) is 5.75 Å². The van der Waals surface area contributed by atoms with Gasteiger partial charge in [0, 0.05) is 12.0 Å².